The Morgan fingerprint density at radius 2 is 1.88 bits per heavy atom. The molecule has 1 aliphatic rings. The van der Waals surface area contributed by atoms with Gasteiger partial charge in [0.1, 0.15) is 11.8 Å². The highest BCUT2D eigenvalue weighted by atomic mass is 127. The van der Waals surface area contributed by atoms with E-state index in [4.69, 9.17) is 4.74 Å². The van der Waals surface area contributed by atoms with Crippen molar-refractivity contribution in [2.75, 3.05) is 19.1 Å². The molecule has 0 saturated carbocycles. The molecule has 2 aromatic rings. The molecule has 2 aromatic carbocycles. The van der Waals surface area contributed by atoms with Gasteiger partial charge in [-0.2, -0.15) is 0 Å². The molecular formula is C18H17IN2O3. The number of nitrogens with zero attached hydrogens (tertiary/aromatic N) is 1. The van der Waals surface area contributed by atoms with Gasteiger partial charge in [0.05, 0.1) is 18.4 Å². The number of methoxy groups -OCH3 is 1. The first-order valence-corrected chi connectivity index (χ1v) is 8.58. The maximum atomic E-state index is 12.8. The fourth-order valence-electron chi connectivity index (χ4n) is 2.76. The quantitative estimate of drug-likeness (QED) is 0.753. The summed E-state index contributed by atoms with van der Waals surface area (Å²) in [5.74, 6) is 0.184. The van der Waals surface area contributed by atoms with Crippen molar-refractivity contribution in [3.05, 3.63) is 57.2 Å². The molecule has 1 heterocycles. The Morgan fingerprint density at radius 1 is 1.17 bits per heavy atom. The Bertz CT molecular complexity index is 789. The van der Waals surface area contributed by atoms with Crippen LogP contribution in [0.5, 0.6) is 5.75 Å². The van der Waals surface area contributed by atoms with Crippen molar-refractivity contribution in [2.24, 2.45) is 0 Å². The lowest BCUT2D eigenvalue weighted by molar-refractivity contribution is -0.120. The van der Waals surface area contributed by atoms with Gasteiger partial charge in [0.2, 0.25) is 5.91 Å². The smallest absolute Gasteiger partial charge is 0.254 e. The minimum Gasteiger partial charge on any atom is -0.497 e. The second kappa shape index (κ2) is 6.80. The highest BCUT2D eigenvalue weighted by Gasteiger charge is 2.32. The van der Waals surface area contributed by atoms with Crippen LogP contribution in [0.2, 0.25) is 0 Å². The van der Waals surface area contributed by atoms with Crippen LogP contribution in [0.15, 0.2) is 42.5 Å². The number of benzene rings is 2. The zero-order chi connectivity index (χ0) is 17.3. The van der Waals surface area contributed by atoms with E-state index < -0.39 is 6.04 Å². The minimum atomic E-state index is -0.596. The van der Waals surface area contributed by atoms with E-state index in [2.05, 4.69) is 27.9 Å². The van der Waals surface area contributed by atoms with Gasteiger partial charge < -0.3 is 15.0 Å². The van der Waals surface area contributed by atoms with Crippen molar-refractivity contribution < 1.29 is 14.3 Å². The zero-order valence-corrected chi connectivity index (χ0v) is 15.5. The molecule has 2 amide bonds. The molecule has 1 N–H and O–H groups in total. The van der Waals surface area contributed by atoms with Crippen molar-refractivity contribution in [1.82, 2.24) is 5.32 Å². The number of hydrogen-bond acceptors (Lipinski definition) is 3. The second-order valence-corrected chi connectivity index (χ2v) is 6.88. The SMILES string of the molecule is COc1ccc2c(c1)C(=O)NC(Cc1ccc(I)cc1)C(=O)N2C. The molecule has 3 rings (SSSR count). The molecule has 0 bridgehead atoms. The lowest BCUT2D eigenvalue weighted by atomic mass is 10.1. The van der Waals surface area contributed by atoms with Gasteiger partial charge in [0.15, 0.2) is 0 Å². The number of rotatable bonds is 3. The minimum absolute atomic E-state index is 0.134. The van der Waals surface area contributed by atoms with Gasteiger partial charge in [-0.25, -0.2) is 0 Å². The zero-order valence-electron chi connectivity index (χ0n) is 13.4. The first-order valence-electron chi connectivity index (χ1n) is 7.50. The van der Waals surface area contributed by atoms with Crippen molar-refractivity contribution in [3.8, 4) is 5.75 Å². The molecule has 24 heavy (non-hydrogen) atoms. The largest absolute Gasteiger partial charge is 0.497 e. The Hall–Kier alpha value is -2.09. The van der Waals surface area contributed by atoms with Gasteiger partial charge in [-0.3, -0.25) is 9.59 Å². The topological polar surface area (TPSA) is 58.6 Å². The van der Waals surface area contributed by atoms with E-state index in [1.807, 2.05) is 24.3 Å². The molecule has 5 nitrogen and oxygen atoms in total. The maximum absolute atomic E-state index is 12.8. The van der Waals surface area contributed by atoms with Crippen LogP contribution in [0.1, 0.15) is 15.9 Å². The highest BCUT2D eigenvalue weighted by molar-refractivity contribution is 14.1. The summed E-state index contributed by atoms with van der Waals surface area (Å²) < 4.78 is 6.31. The van der Waals surface area contributed by atoms with Crippen molar-refractivity contribution >= 4 is 40.1 Å². The Labute approximate surface area is 154 Å². The van der Waals surface area contributed by atoms with E-state index in [-0.39, 0.29) is 11.8 Å². The summed E-state index contributed by atoms with van der Waals surface area (Å²) in [4.78, 5) is 26.9. The van der Waals surface area contributed by atoms with E-state index in [1.54, 1.807) is 32.4 Å². The van der Waals surface area contributed by atoms with Crippen molar-refractivity contribution in [3.63, 3.8) is 0 Å². The summed E-state index contributed by atoms with van der Waals surface area (Å²) in [5.41, 5.74) is 2.03. The van der Waals surface area contributed by atoms with E-state index in [0.29, 0.717) is 23.4 Å². The first-order chi connectivity index (χ1) is 11.5. The molecule has 0 fully saturated rings. The fourth-order valence-corrected chi connectivity index (χ4v) is 3.12. The van der Waals surface area contributed by atoms with E-state index in [0.717, 1.165) is 9.13 Å². The Kier molecular flexibility index (Phi) is 4.75. The third kappa shape index (κ3) is 3.24. The van der Waals surface area contributed by atoms with Gasteiger partial charge >= 0.3 is 0 Å². The Morgan fingerprint density at radius 3 is 2.54 bits per heavy atom. The number of halogens is 1. The highest BCUT2D eigenvalue weighted by Crippen LogP contribution is 2.27. The van der Waals surface area contributed by atoms with E-state index in [1.165, 1.54) is 4.90 Å². The van der Waals surface area contributed by atoms with Gasteiger partial charge in [0.25, 0.3) is 5.91 Å². The molecule has 0 spiro atoms. The van der Waals surface area contributed by atoms with Gasteiger partial charge in [-0.1, -0.05) is 12.1 Å². The summed E-state index contributed by atoms with van der Waals surface area (Å²) in [6.07, 6.45) is 0.455. The van der Waals surface area contributed by atoms with E-state index in [9.17, 15) is 9.59 Å². The predicted molar refractivity (Wildman–Crippen MR) is 101 cm³/mol. The number of amides is 2. The van der Waals surface area contributed by atoms with Crippen LogP contribution in [0, 0.1) is 3.57 Å². The molecule has 0 radical (unpaired) electrons. The number of fused-ring (bicyclic) bond motifs is 1. The number of ether oxygens (including phenoxy) is 1. The molecule has 0 saturated heterocycles. The average Bonchev–Trinajstić information content (AvgIpc) is 2.68. The second-order valence-electron chi connectivity index (χ2n) is 5.64. The summed E-state index contributed by atoms with van der Waals surface area (Å²) in [6.45, 7) is 0. The van der Waals surface area contributed by atoms with Crippen LogP contribution in [0.25, 0.3) is 0 Å². The number of carbonyl (C=O) groups excluding carboxylic acids is 2. The monoisotopic (exact) mass is 436 g/mol. The van der Waals surface area contributed by atoms with Crippen LogP contribution in [0.4, 0.5) is 5.69 Å². The predicted octanol–water partition coefficient (Wildman–Crippen LogP) is 2.62. The maximum Gasteiger partial charge on any atom is 0.254 e. The molecule has 124 valence electrons. The van der Waals surface area contributed by atoms with Crippen LogP contribution in [0.3, 0.4) is 0 Å². The number of anilines is 1. The molecule has 0 aliphatic carbocycles. The lowest BCUT2D eigenvalue weighted by Gasteiger charge is -2.21. The van der Waals surface area contributed by atoms with Crippen molar-refractivity contribution in [1.29, 1.82) is 0 Å². The number of hydrogen-bond donors (Lipinski definition) is 1. The molecule has 1 atom stereocenters. The summed E-state index contributed by atoms with van der Waals surface area (Å²) in [6, 6.07) is 12.5. The van der Waals surface area contributed by atoms with Gasteiger partial charge in [-0.15, -0.1) is 0 Å². The van der Waals surface area contributed by atoms with E-state index >= 15 is 0 Å². The fraction of sp³-hybridized carbons (Fsp3) is 0.222. The average molecular weight is 436 g/mol. The van der Waals surface area contributed by atoms with Gasteiger partial charge in [0, 0.05) is 17.0 Å². The number of nitrogens with one attached hydrogen (secondary N) is 1. The van der Waals surface area contributed by atoms with Crippen molar-refractivity contribution in [2.45, 2.75) is 12.5 Å². The van der Waals surface area contributed by atoms with Crippen LogP contribution in [-0.2, 0) is 11.2 Å². The summed E-state index contributed by atoms with van der Waals surface area (Å²) in [5, 5.41) is 2.84. The Balaban J connectivity index is 1.91. The number of carbonyl (C=O) groups is 2. The number of likely N-dealkylation sites (N-methyl/N-ethyl adjacent to an activating group) is 1. The first kappa shape index (κ1) is 16.8. The van der Waals surface area contributed by atoms with Crippen LogP contribution in [-0.4, -0.2) is 32.0 Å². The third-order valence-electron chi connectivity index (χ3n) is 4.10. The molecule has 1 aliphatic heterocycles. The summed E-state index contributed by atoms with van der Waals surface area (Å²) in [7, 11) is 3.24. The summed E-state index contributed by atoms with van der Waals surface area (Å²) >= 11 is 2.23. The molecular weight excluding hydrogens is 419 g/mol. The standard InChI is InChI=1S/C18H17IN2O3/c1-21-16-8-7-13(24-2)10-14(16)17(22)20-15(18(21)23)9-11-3-5-12(19)6-4-11/h3-8,10,15H,9H2,1-2H3,(H,20,22). The van der Waals surface area contributed by atoms with Crippen LogP contribution >= 0.6 is 22.6 Å². The molecule has 0 aromatic heterocycles. The normalized spacial score (nSPS) is 17.1. The third-order valence-corrected chi connectivity index (χ3v) is 4.82. The molecule has 6 heteroatoms. The lowest BCUT2D eigenvalue weighted by Crippen LogP contribution is -2.45. The van der Waals surface area contributed by atoms with Gasteiger partial charge in [-0.05, 0) is 58.5 Å². The molecule has 1 unspecified atom stereocenters. The van der Waals surface area contributed by atoms with Crippen LogP contribution < -0.4 is 15.0 Å².